The van der Waals surface area contributed by atoms with Gasteiger partial charge >= 0.3 is 6.03 Å². The molecule has 1 fully saturated rings. The summed E-state index contributed by atoms with van der Waals surface area (Å²) in [5.41, 5.74) is 0.877. The quantitative estimate of drug-likeness (QED) is 0.874. The maximum absolute atomic E-state index is 12.9. The lowest BCUT2D eigenvalue weighted by atomic mass is 9.99. The van der Waals surface area contributed by atoms with Crippen molar-refractivity contribution in [3.8, 4) is 0 Å². The van der Waals surface area contributed by atoms with Crippen LogP contribution in [0.3, 0.4) is 0 Å². The monoisotopic (exact) mass is 326 g/mol. The van der Waals surface area contributed by atoms with Crippen molar-refractivity contribution < 1.29 is 13.9 Å². The van der Waals surface area contributed by atoms with Gasteiger partial charge in [-0.25, -0.2) is 9.18 Å². The van der Waals surface area contributed by atoms with Crippen molar-refractivity contribution in [3.05, 3.63) is 35.6 Å². The molecule has 1 saturated heterocycles. The van der Waals surface area contributed by atoms with Crippen LogP contribution in [0.1, 0.15) is 31.4 Å². The van der Waals surface area contributed by atoms with Gasteiger partial charge in [-0.1, -0.05) is 12.1 Å². The summed E-state index contributed by atoms with van der Waals surface area (Å²) in [7, 11) is 0. The van der Waals surface area contributed by atoms with Gasteiger partial charge in [0.25, 0.3) is 0 Å². The molecule has 2 N–H and O–H groups in total. The first kappa shape index (κ1) is 17.1. The molecular weight excluding hydrogens is 303 g/mol. The van der Waals surface area contributed by atoms with Crippen molar-refractivity contribution in [2.24, 2.45) is 0 Å². The van der Waals surface area contributed by atoms with Crippen molar-refractivity contribution in [2.75, 3.05) is 26.0 Å². The van der Waals surface area contributed by atoms with Crippen LogP contribution < -0.4 is 10.6 Å². The minimum absolute atomic E-state index is 0.0642. The summed E-state index contributed by atoms with van der Waals surface area (Å²) < 4.78 is 18.4. The Hall–Kier alpha value is -1.27. The van der Waals surface area contributed by atoms with E-state index in [2.05, 4.69) is 16.9 Å². The average molecular weight is 326 g/mol. The summed E-state index contributed by atoms with van der Waals surface area (Å²) in [6.45, 7) is 4.00. The number of nitrogens with one attached hydrogen (secondary N) is 2. The van der Waals surface area contributed by atoms with Gasteiger partial charge in [-0.2, -0.15) is 11.8 Å². The molecule has 1 aromatic carbocycles. The van der Waals surface area contributed by atoms with Crippen LogP contribution in [0.15, 0.2) is 24.3 Å². The molecule has 0 radical (unpaired) electrons. The Labute approximate surface area is 135 Å². The van der Waals surface area contributed by atoms with Gasteiger partial charge in [0.15, 0.2) is 0 Å². The summed E-state index contributed by atoms with van der Waals surface area (Å²) >= 11 is 1.79. The number of thioether (sulfide) groups is 1. The zero-order valence-electron chi connectivity index (χ0n) is 13.0. The Balaban J connectivity index is 1.83. The smallest absolute Gasteiger partial charge is 0.315 e. The van der Waals surface area contributed by atoms with E-state index in [9.17, 15) is 9.18 Å². The Morgan fingerprint density at radius 1 is 1.36 bits per heavy atom. The van der Waals surface area contributed by atoms with Gasteiger partial charge in [-0.05, 0) is 43.7 Å². The fourth-order valence-electron chi connectivity index (χ4n) is 2.52. The maximum atomic E-state index is 12.9. The van der Waals surface area contributed by atoms with Gasteiger partial charge in [0.1, 0.15) is 5.82 Å². The van der Waals surface area contributed by atoms with E-state index >= 15 is 0 Å². The van der Waals surface area contributed by atoms with Gasteiger partial charge in [0.2, 0.25) is 0 Å². The highest BCUT2D eigenvalue weighted by Crippen LogP contribution is 2.32. The Morgan fingerprint density at radius 3 is 2.59 bits per heavy atom. The third-order valence-corrected chi connectivity index (χ3v) is 5.54. The number of carbonyl (C=O) groups excluding carboxylic acids is 1. The van der Waals surface area contributed by atoms with Crippen LogP contribution in [0, 0.1) is 5.82 Å². The van der Waals surface area contributed by atoms with E-state index in [4.69, 9.17) is 4.74 Å². The molecule has 1 heterocycles. The second-order valence-electron chi connectivity index (χ2n) is 5.60. The standard InChI is InChI=1S/C16H23FN2O2S/c1-12(13-3-5-14(17)6-4-13)19-15(20)18-11-16(22-2)7-9-21-10-8-16/h3-6,12H,7-11H2,1-2H3,(H2,18,19,20). The molecule has 0 saturated carbocycles. The zero-order chi connectivity index (χ0) is 16.0. The van der Waals surface area contributed by atoms with Gasteiger partial charge in [0.05, 0.1) is 6.04 Å². The second-order valence-corrected chi connectivity index (χ2v) is 6.87. The number of benzene rings is 1. The third-order valence-electron chi connectivity index (χ3n) is 4.13. The zero-order valence-corrected chi connectivity index (χ0v) is 13.8. The molecular formula is C16H23FN2O2S. The molecule has 1 aliphatic rings. The molecule has 0 bridgehead atoms. The molecule has 1 unspecified atom stereocenters. The molecule has 1 aliphatic heterocycles. The van der Waals surface area contributed by atoms with E-state index in [1.54, 1.807) is 23.9 Å². The second kappa shape index (κ2) is 7.83. The van der Waals surface area contributed by atoms with E-state index in [1.165, 1.54) is 12.1 Å². The SMILES string of the molecule is CSC1(CNC(=O)NC(C)c2ccc(F)cc2)CCOCC1. The van der Waals surface area contributed by atoms with E-state index in [0.29, 0.717) is 6.54 Å². The highest BCUT2D eigenvalue weighted by Gasteiger charge is 2.32. The van der Waals surface area contributed by atoms with Gasteiger partial charge in [0, 0.05) is 24.5 Å². The van der Waals surface area contributed by atoms with E-state index < -0.39 is 0 Å². The molecule has 0 spiro atoms. The van der Waals surface area contributed by atoms with Crippen molar-refractivity contribution in [1.29, 1.82) is 0 Å². The molecule has 4 nitrogen and oxygen atoms in total. The molecule has 122 valence electrons. The number of ether oxygens (including phenoxy) is 1. The number of amides is 2. The number of hydrogen-bond acceptors (Lipinski definition) is 3. The number of urea groups is 1. The Kier molecular flexibility index (Phi) is 6.08. The third kappa shape index (κ3) is 4.61. The number of halogens is 1. The van der Waals surface area contributed by atoms with Crippen molar-refractivity contribution in [3.63, 3.8) is 0 Å². The fraction of sp³-hybridized carbons (Fsp3) is 0.562. The molecule has 0 aliphatic carbocycles. The lowest BCUT2D eigenvalue weighted by molar-refractivity contribution is 0.0777. The summed E-state index contributed by atoms with van der Waals surface area (Å²) in [5.74, 6) is -0.276. The largest absolute Gasteiger partial charge is 0.381 e. The first-order chi connectivity index (χ1) is 10.5. The topological polar surface area (TPSA) is 50.4 Å². The van der Waals surface area contributed by atoms with Crippen molar-refractivity contribution in [2.45, 2.75) is 30.6 Å². The van der Waals surface area contributed by atoms with Crippen LogP contribution in [-0.2, 0) is 4.74 Å². The number of hydrogen-bond donors (Lipinski definition) is 2. The Bertz CT molecular complexity index is 489. The van der Waals surface area contributed by atoms with Crippen LogP contribution in [0.4, 0.5) is 9.18 Å². The van der Waals surface area contributed by atoms with Crippen LogP contribution in [0.2, 0.25) is 0 Å². The Morgan fingerprint density at radius 2 is 2.00 bits per heavy atom. The summed E-state index contributed by atoms with van der Waals surface area (Å²) in [4.78, 5) is 12.1. The van der Waals surface area contributed by atoms with Crippen LogP contribution >= 0.6 is 11.8 Å². The lowest BCUT2D eigenvalue weighted by Gasteiger charge is -2.35. The number of carbonyl (C=O) groups is 1. The average Bonchev–Trinajstić information content (AvgIpc) is 2.54. The van der Waals surface area contributed by atoms with E-state index in [1.807, 2.05) is 6.92 Å². The van der Waals surface area contributed by atoms with Crippen molar-refractivity contribution in [1.82, 2.24) is 10.6 Å². The van der Waals surface area contributed by atoms with Gasteiger partial charge < -0.3 is 15.4 Å². The molecule has 0 aromatic heterocycles. The molecule has 22 heavy (non-hydrogen) atoms. The highest BCUT2D eigenvalue weighted by molar-refractivity contribution is 8.00. The minimum Gasteiger partial charge on any atom is -0.381 e. The first-order valence-electron chi connectivity index (χ1n) is 7.47. The summed E-state index contributed by atoms with van der Waals surface area (Å²) in [6.07, 6.45) is 3.97. The van der Waals surface area contributed by atoms with Crippen LogP contribution in [0.25, 0.3) is 0 Å². The first-order valence-corrected chi connectivity index (χ1v) is 8.70. The van der Waals surface area contributed by atoms with Crippen LogP contribution in [0.5, 0.6) is 0 Å². The van der Waals surface area contributed by atoms with E-state index in [-0.39, 0.29) is 22.6 Å². The van der Waals surface area contributed by atoms with E-state index in [0.717, 1.165) is 31.6 Å². The summed E-state index contributed by atoms with van der Waals surface area (Å²) in [6, 6.07) is 5.80. The predicted molar refractivity (Wildman–Crippen MR) is 87.6 cm³/mol. The molecule has 6 heteroatoms. The molecule has 2 rings (SSSR count). The van der Waals surface area contributed by atoms with Crippen LogP contribution in [-0.4, -0.2) is 36.8 Å². The number of rotatable bonds is 5. The lowest BCUT2D eigenvalue weighted by Crippen LogP contribution is -2.47. The van der Waals surface area contributed by atoms with Gasteiger partial charge in [-0.15, -0.1) is 0 Å². The highest BCUT2D eigenvalue weighted by atomic mass is 32.2. The molecule has 1 aromatic rings. The van der Waals surface area contributed by atoms with Crippen molar-refractivity contribution >= 4 is 17.8 Å². The fourth-order valence-corrected chi connectivity index (χ4v) is 3.31. The predicted octanol–water partition coefficient (Wildman–Crippen LogP) is 3.10. The maximum Gasteiger partial charge on any atom is 0.315 e. The molecule has 1 atom stereocenters. The van der Waals surface area contributed by atoms with Gasteiger partial charge in [-0.3, -0.25) is 0 Å². The minimum atomic E-state index is -0.276. The normalized spacial score (nSPS) is 18.5. The summed E-state index contributed by atoms with van der Waals surface area (Å²) in [5, 5.41) is 5.84. The molecule has 2 amide bonds.